The molecule has 1 saturated carbocycles. The molecule has 0 aromatic carbocycles. The highest BCUT2D eigenvalue weighted by atomic mass is 16.6. The molecule has 158 valence electrons. The predicted octanol–water partition coefficient (Wildman–Crippen LogP) is 2.73. The summed E-state index contributed by atoms with van der Waals surface area (Å²) in [5.74, 6) is 0.394. The molecule has 0 spiro atoms. The lowest BCUT2D eigenvalue weighted by molar-refractivity contribution is 0.106. The van der Waals surface area contributed by atoms with E-state index >= 15 is 0 Å². The van der Waals surface area contributed by atoms with Crippen LogP contribution in [0.25, 0.3) is 0 Å². The Morgan fingerprint density at radius 2 is 1.82 bits per heavy atom. The smallest absolute Gasteiger partial charge is 0.409 e. The molecule has 7 heteroatoms. The molecule has 3 amide bonds. The summed E-state index contributed by atoms with van der Waals surface area (Å²) in [6.45, 7) is 9.64. The lowest BCUT2D eigenvalue weighted by atomic mass is 9.85. The molecule has 28 heavy (non-hydrogen) atoms. The lowest BCUT2D eigenvalue weighted by Crippen LogP contribution is -2.53. The molecule has 0 radical (unpaired) electrons. The van der Waals surface area contributed by atoms with Gasteiger partial charge in [-0.15, -0.1) is 6.58 Å². The molecular formula is C21H36N4O3. The number of urea groups is 1. The minimum absolute atomic E-state index is 0.0356. The Bertz CT molecular complexity index is 548. The lowest BCUT2D eigenvalue weighted by Gasteiger charge is -2.36. The monoisotopic (exact) mass is 392 g/mol. The zero-order valence-electron chi connectivity index (χ0n) is 17.2. The number of amides is 3. The van der Waals surface area contributed by atoms with Crippen molar-refractivity contribution < 1.29 is 14.3 Å². The molecule has 2 aliphatic heterocycles. The van der Waals surface area contributed by atoms with Gasteiger partial charge in [0.05, 0.1) is 6.61 Å². The average molecular weight is 393 g/mol. The topological polar surface area (TPSA) is 73.9 Å². The van der Waals surface area contributed by atoms with Crippen LogP contribution in [0.4, 0.5) is 9.59 Å². The molecular weight excluding hydrogens is 356 g/mol. The number of hydrogen-bond donors (Lipinski definition) is 2. The average Bonchev–Trinajstić information content (AvgIpc) is 3.19. The SMILES string of the molecule is C=CC1CCCC[C@H]1NC(=O)NC1CCN(C2CCN(C(=O)OCC)C2)CC1. The number of nitrogens with zero attached hydrogens (tertiary/aromatic N) is 2. The predicted molar refractivity (Wildman–Crippen MR) is 109 cm³/mol. The summed E-state index contributed by atoms with van der Waals surface area (Å²) in [6.07, 6.45) is 9.28. The molecule has 3 aliphatic rings. The van der Waals surface area contributed by atoms with Crippen LogP contribution in [0.15, 0.2) is 12.7 Å². The highest BCUT2D eigenvalue weighted by Crippen LogP contribution is 2.25. The van der Waals surface area contributed by atoms with Crippen LogP contribution in [0.1, 0.15) is 51.9 Å². The van der Waals surface area contributed by atoms with Crippen molar-refractivity contribution in [2.24, 2.45) is 5.92 Å². The Hall–Kier alpha value is -1.76. The van der Waals surface area contributed by atoms with Gasteiger partial charge in [0.1, 0.15) is 0 Å². The number of carbonyl (C=O) groups is 2. The fourth-order valence-electron chi connectivity index (χ4n) is 4.85. The van der Waals surface area contributed by atoms with E-state index in [1.807, 2.05) is 17.9 Å². The van der Waals surface area contributed by atoms with Crippen molar-refractivity contribution in [1.29, 1.82) is 0 Å². The molecule has 3 fully saturated rings. The van der Waals surface area contributed by atoms with Gasteiger partial charge in [-0.2, -0.15) is 0 Å². The minimum Gasteiger partial charge on any atom is -0.450 e. The fraction of sp³-hybridized carbons (Fsp3) is 0.810. The molecule has 3 rings (SSSR count). The largest absolute Gasteiger partial charge is 0.450 e. The molecule has 7 nitrogen and oxygen atoms in total. The first-order valence-electron chi connectivity index (χ1n) is 11.0. The maximum atomic E-state index is 12.4. The molecule has 0 aromatic heterocycles. The number of nitrogens with one attached hydrogen (secondary N) is 2. The van der Waals surface area contributed by atoms with Gasteiger partial charge in [-0.05, 0) is 44.9 Å². The molecule has 1 aliphatic carbocycles. The number of likely N-dealkylation sites (tertiary alicyclic amines) is 2. The molecule has 0 aromatic rings. The summed E-state index contributed by atoms with van der Waals surface area (Å²) in [5.41, 5.74) is 0. The van der Waals surface area contributed by atoms with Crippen LogP contribution >= 0.6 is 0 Å². The summed E-state index contributed by atoms with van der Waals surface area (Å²) in [7, 11) is 0. The molecule has 0 bridgehead atoms. The van der Waals surface area contributed by atoms with E-state index in [4.69, 9.17) is 4.74 Å². The quantitative estimate of drug-likeness (QED) is 0.706. The Balaban J connectivity index is 1.38. The number of piperidine rings is 1. The molecule has 2 saturated heterocycles. The second kappa shape index (κ2) is 10.1. The van der Waals surface area contributed by atoms with Gasteiger partial charge in [0, 0.05) is 44.3 Å². The third-order valence-electron chi connectivity index (χ3n) is 6.51. The van der Waals surface area contributed by atoms with E-state index < -0.39 is 0 Å². The number of rotatable bonds is 5. The standard InChI is InChI=1S/C21H36N4O3/c1-3-16-7-5-6-8-19(16)23-20(26)22-17-9-12-24(13-10-17)18-11-14-25(15-18)21(27)28-4-2/h3,16-19H,1,4-15H2,2H3,(H2,22,23,26)/t16?,18?,19-/m1/s1. The third-order valence-corrected chi connectivity index (χ3v) is 6.51. The molecule has 2 N–H and O–H groups in total. The van der Waals surface area contributed by atoms with E-state index in [-0.39, 0.29) is 24.2 Å². The van der Waals surface area contributed by atoms with Gasteiger partial charge < -0.3 is 20.3 Å². The van der Waals surface area contributed by atoms with Gasteiger partial charge >= 0.3 is 12.1 Å². The maximum absolute atomic E-state index is 12.4. The molecule has 2 heterocycles. The zero-order chi connectivity index (χ0) is 19.9. The van der Waals surface area contributed by atoms with E-state index in [1.54, 1.807) is 0 Å². The second-order valence-electron chi connectivity index (χ2n) is 8.31. The van der Waals surface area contributed by atoms with E-state index in [9.17, 15) is 9.59 Å². The molecule has 3 atom stereocenters. The first kappa shape index (κ1) is 21.0. The summed E-state index contributed by atoms with van der Waals surface area (Å²) in [4.78, 5) is 28.6. The summed E-state index contributed by atoms with van der Waals surface area (Å²) >= 11 is 0. The van der Waals surface area contributed by atoms with E-state index in [1.165, 1.54) is 12.8 Å². The number of carbonyl (C=O) groups excluding carboxylic acids is 2. The summed E-state index contributed by atoms with van der Waals surface area (Å²) in [5, 5.41) is 6.34. The fourth-order valence-corrected chi connectivity index (χ4v) is 4.85. The number of hydrogen-bond acceptors (Lipinski definition) is 4. The second-order valence-corrected chi connectivity index (χ2v) is 8.31. The molecule has 2 unspecified atom stereocenters. The highest BCUT2D eigenvalue weighted by Gasteiger charge is 2.33. The highest BCUT2D eigenvalue weighted by molar-refractivity contribution is 5.74. The Labute approximate surface area is 168 Å². The van der Waals surface area contributed by atoms with Crippen LogP contribution in [-0.2, 0) is 4.74 Å². The van der Waals surface area contributed by atoms with Gasteiger partial charge in [0.15, 0.2) is 0 Å². The first-order valence-corrected chi connectivity index (χ1v) is 11.0. The van der Waals surface area contributed by atoms with Crippen molar-refractivity contribution in [2.45, 2.75) is 70.0 Å². The van der Waals surface area contributed by atoms with Crippen LogP contribution in [0.2, 0.25) is 0 Å². The van der Waals surface area contributed by atoms with Gasteiger partial charge in [-0.3, -0.25) is 4.90 Å². The van der Waals surface area contributed by atoms with Crippen LogP contribution in [0.5, 0.6) is 0 Å². The van der Waals surface area contributed by atoms with Crippen LogP contribution < -0.4 is 10.6 Å². The van der Waals surface area contributed by atoms with Gasteiger partial charge in [-0.1, -0.05) is 18.9 Å². The van der Waals surface area contributed by atoms with E-state index in [0.29, 0.717) is 18.6 Å². The van der Waals surface area contributed by atoms with Crippen molar-refractivity contribution in [2.75, 3.05) is 32.8 Å². The van der Waals surface area contributed by atoms with Crippen molar-refractivity contribution in [3.8, 4) is 0 Å². The van der Waals surface area contributed by atoms with Crippen molar-refractivity contribution in [3.05, 3.63) is 12.7 Å². The van der Waals surface area contributed by atoms with Gasteiger partial charge in [-0.25, -0.2) is 9.59 Å². The Kier molecular flexibility index (Phi) is 7.59. The summed E-state index contributed by atoms with van der Waals surface area (Å²) < 4.78 is 5.11. The number of ether oxygens (including phenoxy) is 1. The summed E-state index contributed by atoms with van der Waals surface area (Å²) in [6, 6.07) is 0.824. The van der Waals surface area contributed by atoms with Gasteiger partial charge in [0.2, 0.25) is 0 Å². The van der Waals surface area contributed by atoms with E-state index in [2.05, 4.69) is 22.1 Å². The zero-order valence-corrected chi connectivity index (χ0v) is 17.2. The minimum atomic E-state index is -0.196. The Morgan fingerprint density at radius 3 is 2.54 bits per heavy atom. The van der Waals surface area contributed by atoms with Crippen molar-refractivity contribution >= 4 is 12.1 Å². The van der Waals surface area contributed by atoms with Crippen molar-refractivity contribution in [3.63, 3.8) is 0 Å². The van der Waals surface area contributed by atoms with Crippen LogP contribution in [0, 0.1) is 5.92 Å². The van der Waals surface area contributed by atoms with E-state index in [0.717, 1.165) is 58.3 Å². The van der Waals surface area contributed by atoms with Gasteiger partial charge in [0.25, 0.3) is 0 Å². The van der Waals surface area contributed by atoms with Crippen LogP contribution in [-0.4, -0.2) is 72.8 Å². The third kappa shape index (κ3) is 5.40. The van der Waals surface area contributed by atoms with Crippen molar-refractivity contribution in [1.82, 2.24) is 20.4 Å². The van der Waals surface area contributed by atoms with Crippen LogP contribution in [0.3, 0.4) is 0 Å². The normalized spacial score (nSPS) is 29.3. The first-order chi connectivity index (χ1) is 13.6. The maximum Gasteiger partial charge on any atom is 0.409 e. The Morgan fingerprint density at radius 1 is 1.07 bits per heavy atom.